The molecule has 0 saturated heterocycles. The number of aromatic amines is 1. The summed E-state index contributed by atoms with van der Waals surface area (Å²) in [6.07, 6.45) is 0. The molecule has 23 heteroatoms. The Morgan fingerprint density at radius 2 is 0.988 bits per heavy atom. The van der Waals surface area contributed by atoms with Crippen molar-refractivity contribution in [1.29, 1.82) is 0 Å². The van der Waals surface area contributed by atoms with Crippen LogP contribution in [0.15, 0.2) is 156 Å². The number of thiol groups is 1. The molecule has 0 spiro atoms. The number of halogens is 4. The zero-order chi connectivity index (χ0) is 61.5. The van der Waals surface area contributed by atoms with Crippen LogP contribution in [0.2, 0.25) is 66.4 Å². The Kier molecular flexibility index (Phi) is 26.8. The lowest BCUT2D eigenvalue weighted by Crippen LogP contribution is -2.22. The number of nitrogens with zero attached hydrogens (tertiary/aromatic N) is 2. The molecule has 14 nitrogen and oxygen atoms in total. The fourth-order valence-corrected chi connectivity index (χ4v) is 13.1. The minimum atomic E-state index is -1.22. The fourth-order valence-electron chi connectivity index (χ4n) is 7.95. The zero-order valence-electron chi connectivity index (χ0n) is 48.1. The smallest absolute Gasteiger partial charge is 0.354 e. The van der Waals surface area contributed by atoms with Gasteiger partial charge in [-0.05, 0) is 139 Å². The summed E-state index contributed by atoms with van der Waals surface area (Å²) in [5, 5.41) is 23.1. The molecular formula is C62H71BrCl3N3O11S3Si2. The average Bonchev–Trinajstić information content (AvgIpc) is 2.48. The molecule has 0 bridgehead atoms. The van der Waals surface area contributed by atoms with Gasteiger partial charge in [-0.15, -0.1) is 12.6 Å². The van der Waals surface area contributed by atoms with Gasteiger partial charge in [-0.3, -0.25) is 0 Å². The number of rotatable bonds is 20. The molecule has 0 fully saturated rings. The molecule has 0 unspecified atom stereocenters. The minimum absolute atomic E-state index is 0. The van der Waals surface area contributed by atoms with Crippen molar-refractivity contribution in [3.8, 4) is 17.2 Å². The number of fused-ring (bicyclic) bond motifs is 3. The van der Waals surface area contributed by atoms with Crippen LogP contribution in [0.3, 0.4) is 0 Å². The van der Waals surface area contributed by atoms with Gasteiger partial charge in [0.2, 0.25) is 0 Å². The van der Waals surface area contributed by atoms with E-state index in [1.165, 1.54) is 30.6 Å². The molecule has 454 valence electrons. The van der Waals surface area contributed by atoms with Gasteiger partial charge in [-0.25, -0.2) is 14.4 Å². The third-order valence-electron chi connectivity index (χ3n) is 12.5. The zero-order valence-corrected chi connectivity index (χ0v) is 56.5. The molecule has 3 aromatic heterocycles. The van der Waals surface area contributed by atoms with E-state index in [1.807, 2.05) is 95.6 Å². The number of carboxylic acids is 2. The van der Waals surface area contributed by atoms with E-state index < -0.39 is 34.1 Å². The Labute approximate surface area is 536 Å². The number of carboxylic acid groups (broad SMARTS) is 2. The van der Waals surface area contributed by atoms with Crippen molar-refractivity contribution in [2.24, 2.45) is 0 Å². The Hall–Kier alpha value is -5.50. The number of esters is 1. The van der Waals surface area contributed by atoms with Crippen LogP contribution < -0.4 is 14.2 Å². The summed E-state index contributed by atoms with van der Waals surface area (Å²) in [7, 11) is 3.90. The number of methoxy groups -OCH3 is 4. The van der Waals surface area contributed by atoms with Crippen LogP contribution in [-0.2, 0) is 27.7 Å². The summed E-state index contributed by atoms with van der Waals surface area (Å²) in [6.45, 7) is 15.5. The summed E-state index contributed by atoms with van der Waals surface area (Å²) < 4.78 is 36.2. The van der Waals surface area contributed by atoms with Crippen molar-refractivity contribution >= 4 is 154 Å². The summed E-state index contributed by atoms with van der Waals surface area (Å²) in [4.78, 5) is 42.7. The molecule has 0 radical (unpaired) electrons. The third kappa shape index (κ3) is 20.8. The van der Waals surface area contributed by atoms with E-state index in [0.29, 0.717) is 46.2 Å². The van der Waals surface area contributed by atoms with E-state index in [1.54, 1.807) is 62.3 Å². The maximum absolute atomic E-state index is 12.1. The van der Waals surface area contributed by atoms with E-state index in [4.69, 9.17) is 68.3 Å². The number of benzene rings is 6. The highest BCUT2D eigenvalue weighted by Gasteiger charge is 2.22. The second kappa shape index (κ2) is 32.5. The standard InChI is InChI=1S/C22H26ClNO4SSi.C16H21BrClNO3Si.C16H12ClNO3S.C7H8OS.CH4/c1-27-16-5-7-17(8-6-16)29-21-12-15(23)11-19-18(21)13-20(22(25)26)24(19)14-28-9-10-30(2,3)4;1-21-16(20)15-9-12-13(17)7-11(18)8-14(12)19(15)10-22-5-6-23(2,3)4;1-21-10-2-4-11(5-3-10)22-15-7-9(17)6-13-12(15)8-14(18-13)16(19)20;1-8-6-2-4-7(9)5-3-6;/h5-8,11-13H,9-10,14H2,1-4H3,(H,25,26);7-9H,5-6,10H2,1-4H3;2-8,18H,1H3,(H,19,20);2-5,9H,1H3;1H4. The third-order valence-corrected chi connectivity index (χ3v) is 19.6. The van der Waals surface area contributed by atoms with Crippen LogP contribution in [0.1, 0.15) is 38.9 Å². The quantitative estimate of drug-likeness (QED) is 0.0246. The van der Waals surface area contributed by atoms with Gasteiger partial charge in [0.25, 0.3) is 0 Å². The van der Waals surface area contributed by atoms with E-state index in [9.17, 15) is 19.5 Å². The maximum Gasteiger partial charge on any atom is 0.354 e. The number of aromatic carboxylic acids is 2. The highest BCUT2D eigenvalue weighted by Crippen LogP contribution is 2.40. The first kappa shape index (κ1) is 70.3. The lowest BCUT2D eigenvalue weighted by Gasteiger charge is -2.16. The Balaban J connectivity index is 0.000000218. The van der Waals surface area contributed by atoms with Crippen molar-refractivity contribution in [2.45, 2.75) is 96.7 Å². The Bertz CT molecular complexity index is 3700. The molecule has 3 heterocycles. The van der Waals surface area contributed by atoms with Crippen molar-refractivity contribution in [2.75, 3.05) is 41.7 Å². The van der Waals surface area contributed by atoms with E-state index >= 15 is 0 Å². The number of hydrogen-bond acceptors (Lipinski definition) is 12. The number of carbonyl (C=O) groups excluding carboxylic acids is 1. The second-order valence-electron chi connectivity index (χ2n) is 21.2. The predicted octanol–water partition coefficient (Wildman–Crippen LogP) is 18.9. The number of nitrogens with one attached hydrogen (secondary N) is 1. The van der Waals surface area contributed by atoms with Gasteiger partial charge in [0.15, 0.2) is 0 Å². The van der Waals surface area contributed by atoms with E-state index in [-0.39, 0.29) is 25.5 Å². The van der Waals surface area contributed by atoms with Crippen LogP contribution in [0.25, 0.3) is 32.7 Å². The molecule has 85 heavy (non-hydrogen) atoms. The molecule has 0 aliphatic carbocycles. The number of H-pyrrole nitrogens is 1. The van der Waals surface area contributed by atoms with Gasteiger partial charge >= 0.3 is 17.9 Å². The number of carbonyl (C=O) groups is 3. The first-order valence-electron chi connectivity index (χ1n) is 26.1. The van der Waals surface area contributed by atoms with Gasteiger partial charge in [0, 0.05) is 95.1 Å². The highest BCUT2D eigenvalue weighted by atomic mass is 79.9. The monoisotopic (exact) mass is 1370 g/mol. The van der Waals surface area contributed by atoms with Gasteiger partial charge in [-0.1, -0.05) is 121 Å². The minimum Gasteiger partial charge on any atom is -0.497 e. The number of ether oxygens (including phenoxy) is 6. The van der Waals surface area contributed by atoms with Gasteiger partial charge in [0.1, 0.15) is 47.8 Å². The van der Waals surface area contributed by atoms with Crippen LogP contribution in [-0.4, -0.2) is 100 Å². The molecule has 9 aromatic rings. The van der Waals surface area contributed by atoms with Gasteiger partial charge in [-0.2, -0.15) is 0 Å². The summed E-state index contributed by atoms with van der Waals surface area (Å²) in [6, 6.07) is 41.0. The van der Waals surface area contributed by atoms with E-state index in [0.717, 1.165) is 85.5 Å². The summed E-state index contributed by atoms with van der Waals surface area (Å²) in [5.74, 6) is 0.0656. The van der Waals surface area contributed by atoms with Gasteiger partial charge in [0.05, 0.1) is 39.5 Å². The SMILES string of the molecule is C.COC(=O)c1cc2c(Br)cc(Cl)cc2n1COCC[Si](C)(C)C.COc1ccc(S)cc1.COc1ccc(Sc2cc(Cl)cc3[nH]c(C(=O)O)cc23)cc1.COc1ccc(Sc2cc(Cl)cc3c2cc(C(=O)O)n3COCC[Si](C)(C)C)cc1. The van der Waals surface area contributed by atoms with Crippen LogP contribution in [0.4, 0.5) is 0 Å². The number of hydrogen-bond donors (Lipinski definition) is 4. The summed E-state index contributed by atoms with van der Waals surface area (Å²) in [5.41, 5.74) is 3.10. The summed E-state index contributed by atoms with van der Waals surface area (Å²) >= 11 is 29.3. The maximum atomic E-state index is 12.1. The molecule has 0 aliphatic rings. The molecule has 0 atom stereocenters. The molecule has 3 N–H and O–H groups in total. The first-order valence-corrected chi connectivity index (χ1v) is 37.5. The van der Waals surface area contributed by atoms with Crippen molar-refractivity contribution < 1.29 is 53.0 Å². The van der Waals surface area contributed by atoms with Crippen molar-refractivity contribution in [3.63, 3.8) is 0 Å². The number of aromatic nitrogens is 3. The van der Waals surface area contributed by atoms with Crippen molar-refractivity contribution in [1.82, 2.24) is 14.1 Å². The largest absolute Gasteiger partial charge is 0.497 e. The highest BCUT2D eigenvalue weighted by molar-refractivity contribution is 9.10. The van der Waals surface area contributed by atoms with Crippen LogP contribution in [0, 0.1) is 0 Å². The molecule has 0 saturated carbocycles. The molecule has 9 rings (SSSR count). The first-order chi connectivity index (χ1) is 39.8. The molecule has 0 amide bonds. The fraction of sp³-hybridized carbons (Fsp3) is 0.274. The topological polar surface area (TPSA) is 173 Å². The van der Waals surface area contributed by atoms with Gasteiger partial charge < -0.3 is 52.8 Å². The molecular weight excluding hydrogens is 1300 g/mol. The van der Waals surface area contributed by atoms with E-state index in [2.05, 4.69) is 72.8 Å². The normalized spacial score (nSPS) is 11.1. The predicted molar refractivity (Wildman–Crippen MR) is 360 cm³/mol. The van der Waals surface area contributed by atoms with Crippen LogP contribution in [0.5, 0.6) is 17.2 Å². The Morgan fingerprint density at radius 3 is 1.44 bits per heavy atom. The van der Waals surface area contributed by atoms with Crippen molar-refractivity contribution in [3.05, 3.63) is 164 Å². The van der Waals surface area contributed by atoms with Crippen LogP contribution >= 0.6 is 86.9 Å². The Morgan fingerprint density at radius 1 is 0.565 bits per heavy atom. The lowest BCUT2D eigenvalue weighted by molar-refractivity contribution is 0.0545. The molecule has 0 aliphatic heterocycles. The second-order valence-corrected chi connectivity index (χ2v) is 37.3. The molecule has 6 aromatic carbocycles. The lowest BCUT2D eigenvalue weighted by atomic mass is 10.2. The average molecular weight is 1370 g/mol.